The minimum Gasteiger partial charge on any atom is -0.372 e. The lowest BCUT2D eigenvalue weighted by Crippen LogP contribution is -2.30. The van der Waals surface area contributed by atoms with Gasteiger partial charge >= 0.3 is 0 Å². The Morgan fingerprint density at radius 3 is 2.31 bits per heavy atom. The molecule has 0 fully saturated rings. The highest BCUT2D eigenvalue weighted by Crippen LogP contribution is 2.08. The summed E-state index contributed by atoms with van der Waals surface area (Å²) in [5.74, 6) is 0.00752. The van der Waals surface area contributed by atoms with E-state index in [-0.39, 0.29) is 36.4 Å². The van der Waals surface area contributed by atoms with Crippen molar-refractivity contribution in [1.82, 2.24) is 10.2 Å². The van der Waals surface area contributed by atoms with Crippen LogP contribution in [0.25, 0.3) is 0 Å². The second-order valence-electron chi connectivity index (χ2n) is 7.09. The standard InChI is InChI=1S/C22H32N2O5/c1-4-20(26)11-12-23-21(27)14-18-7-9-19(10-8-18)15-24(3)22(28)16-29-13-5-6-17(2)25/h7-10H,4-6,11-16H2,1-3H3,(H,23,27). The van der Waals surface area contributed by atoms with Gasteiger partial charge in [-0.3, -0.25) is 14.4 Å². The lowest BCUT2D eigenvalue weighted by molar-refractivity contribution is -0.135. The summed E-state index contributed by atoms with van der Waals surface area (Å²) in [6, 6.07) is 7.51. The van der Waals surface area contributed by atoms with Crippen LogP contribution in [0.5, 0.6) is 0 Å². The third-order valence-corrected chi connectivity index (χ3v) is 4.40. The molecule has 0 aromatic heterocycles. The fourth-order valence-electron chi connectivity index (χ4n) is 2.58. The molecule has 29 heavy (non-hydrogen) atoms. The molecular weight excluding hydrogens is 372 g/mol. The Kier molecular flexibility index (Phi) is 11.5. The van der Waals surface area contributed by atoms with Gasteiger partial charge in [-0.15, -0.1) is 0 Å². The molecule has 0 aliphatic carbocycles. The van der Waals surface area contributed by atoms with Gasteiger partial charge in [-0.25, -0.2) is 0 Å². The number of Topliss-reactive ketones (excluding diaryl/α,β-unsaturated/α-hetero) is 2. The van der Waals surface area contributed by atoms with Gasteiger partial charge < -0.3 is 19.7 Å². The highest BCUT2D eigenvalue weighted by molar-refractivity contribution is 5.81. The van der Waals surface area contributed by atoms with Gasteiger partial charge in [-0.2, -0.15) is 0 Å². The zero-order chi connectivity index (χ0) is 21.6. The molecule has 2 amide bonds. The summed E-state index contributed by atoms with van der Waals surface area (Å²) in [7, 11) is 1.71. The van der Waals surface area contributed by atoms with Gasteiger partial charge in [0.05, 0.1) is 6.42 Å². The van der Waals surface area contributed by atoms with E-state index in [1.54, 1.807) is 18.9 Å². The average molecular weight is 405 g/mol. The molecule has 0 atom stereocenters. The number of carbonyl (C=O) groups excluding carboxylic acids is 4. The van der Waals surface area contributed by atoms with Crippen molar-refractivity contribution in [3.63, 3.8) is 0 Å². The normalized spacial score (nSPS) is 10.4. The molecule has 1 N–H and O–H groups in total. The molecule has 0 saturated carbocycles. The maximum absolute atomic E-state index is 12.1. The van der Waals surface area contributed by atoms with Gasteiger partial charge in [0.25, 0.3) is 0 Å². The van der Waals surface area contributed by atoms with Crippen molar-refractivity contribution < 1.29 is 23.9 Å². The maximum atomic E-state index is 12.1. The van der Waals surface area contributed by atoms with Gasteiger partial charge in [0, 0.05) is 46.0 Å². The van der Waals surface area contributed by atoms with Crippen LogP contribution in [0.3, 0.4) is 0 Å². The SMILES string of the molecule is CCC(=O)CCNC(=O)Cc1ccc(CN(C)C(=O)COCCCC(C)=O)cc1. The van der Waals surface area contributed by atoms with Crippen LogP contribution in [0.15, 0.2) is 24.3 Å². The number of amides is 2. The average Bonchev–Trinajstić information content (AvgIpc) is 2.68. The Balaban J connectivity index is 2.33. The highest BCUT2D eigenvalue weighted by Gasteiger charge is 2.10. The largest absolute Gasteiger partial charge is 0.372 e. The Bertz CT molecular complexity index is 685. The first-order valence-electron chi connectivity index (χ1n) is 9.99. The zero-order valence-electron chi connectivity index (χ0n) is 17.7. The van der Waals surface area contributed by atoms with Crippen LogP contribution in [0.1, 0.15) is 50.7 Å². The molecule has 0 spiro atoms. The van der Waals surface area contributed by atoms with E-state index in [9.17, 15) is 19.2 Å². The molecule has 0 unspecified atom stereocenters. The summed E-state index contributed by atoms with van der Waals surface area (Å²) >= 11 is 0. The lowest BCUT2D eigenvalue weighted by atomic mass is 10.1. The van der Waals surface area contributed by atoms with E-state index in [1.807, 2.05) is 24.3 Å². The molecule has 7 nitrogen and oxygen atoms in total. The Labute approximate surface area is 172 Å². The van der Waals surface area contributed by atoms with Crippen molar-refractivity contribution in [2.75, 3.05) is 26.8 Å². The van der Waals surface area contributed by atoms with Crippen LogP contribution in [0.4, 0.5) is 0 Å². The Morgan fingerprint density at radius 1 is 1.03 bits per heavy atom. The van der Waals surface area contributed by atoms with Crippen molar-refractivity contribution in [2.24, 2.45) is 0 Å². The van der Waals surface area contributed by atoms with E-state index in [2.05, 4.69) is 5.32 Å². The molecule has 0 heterocycles. The first kappa shape index (κ1) is 24.5. The van der Waals surface area contributed by atoms with Crippen LogP contribution in [-0.2, 0) is 36.9 Å². The molecule has 0 aliphatic heterocycles. The molecule has 1 rings (SSSR count). The smallest absolute Gasteiger partial charge is 0.248 e. The fourth-order valence-corrected chi connectivity index (χ4v) is 2.58. The van der Waals surface area contributed by atoms with Crippen molar-refractivity contribution in [3.05, 3.63) is 35.4 Å². The summed E-state index contributed by atoms with van der Waals surface area (Å²) in [5, 5.41) is 2.75. The number of hydrogen-bond acceptors (Lipinski definition) is 5. The molecule has 7 heteroatoms. The van der Waals surface area contributed by atoms with Gasteiger partial charge in [0.15, 0.2) is 0 Å². The lowest BCUT2D eigenvalue weighted by Gasteiger charge is -2.17. The molecule has 0 radical (unpaired) electrons. The van der Waals surface area contributed by atoms with Crippen molar-refractivity contribution in [3.8, 4) is 0 Å². The van der Waals surface area contributed by atoms with E-state index in [0.717, 1.165) is 11.1 Å². The maximum Gasteiger partial charge on any atom is 0.248 e. The monoisotopic (exact) mass is 404 g/mol. The number of carbonyl (C=O) groups is 4. The van der Waals surface area contributed by atoms with Gasteiger partial charge in [0.2, 0.25) is 11.8 Å². The topological polar surface area (TPSA) is 92.8 Å². The number of nitrogens with one attached hydrogen (secondary N) is 1. The summed E-state index contributed by atoms with van der Waals surface area (Å²) in [6.45, 7) is 4.54. The Morgan fingerprint density at radius 2 is 1.69 bits per heavy atom. The number of hydrogen-bond donors (Lipinski definition) is 1. The summed E-state index contributed by atoms with van der Waals surface area (Å²) in [5.41, 5.74) is 1.82. The number of ether oxygens (including phenoxy) is 1. The van der Waals surface area contributed by atoms with Crippen molar-refractivity contribution in [1.29, 1.82) is 0 Å². The Hall–Kier alpha value is -2.54. The number of likely N-dealkylation sites (N-methyl/N-ethyl adjacent to an activating group) is 1. The molecule has 160 valence electrons. The predicted molar refractivity (Wildman–Crippen MR) is 110 cm³/mol. The molecule has 1 aromatic rings. The number of rotatable bonds is 14. The van der Waals surface area contributed by atoms with Crippen LogP contribution in [0.2, 0.25) is 0 Å². The third kappa shape index (κ3) is 11.1. The van der Waals surface area contributed by atoms with E-state index in [0.29, 0.717) is 45.4 Å². The van der Waals surface area contributed by atoms with Crippen molar-refractivity contribution >= 4 is 23.4 Å². The van der Waals surface area contributed by atoms with Crippen LogP contribution >= 0.6 is 0 Å². The van der Waals surface area contributed by atoms with Gasteiger partial charge in [0.1, 0.15) is 18.2 Å². The molecule has 0 bridgehead atoms. The van der Waals surface area contributed by atoms with Gasteiger partial charge in [-0.05, 0) is 24.5 Å². The molecule has 0 aliphatic rings. The summed E-state index contributed by atoms with van der Waals surface area (Å²) in [4.78, 5) is 47.7. The first-order valence-corrected chi connectivity index (χ1v) is 9.99. The quantitative estimate of drug-likeness (QED) is 0.479. The van der Waals surface area contributed by atoms with E-state index in [1.165, 1.54) is 6.92 Å². The molecule has 0 saturated heterocycles. The zero-order valence-corrected chi connectivity index (χ0v) is 17.7. The summed E-state index contributed by atoms with van der Waals surface area (Å²) in [6.07, 6.45) is 2.19. The number of ketones is 2. The number of benzene rings is 1. The molecule has 1 aromatic carbocycles. The highest BCUT2D eigenvalue weighted by atomic mass is 16.5. The van der Waals surface area contributed by atoms with Gasteiger partial charge in [-0.1, -0.05) is 31.2 Å². The first-order chi connectivity index (χ1) is 13.8. The number of nitrogens with zero attached hydrogens (tertiary/aromatic N) is 1. The minimum atomic E-state index is -0.127. The second-order valence-corrected chi connectivity index (χ2v) is 7.09. The molecular formula is C22H32N2O5. The van der Waals surface area contributed by atoms with Crippen molar-refractivity contribution in [2.45, 2.75) is 52.5 Å². The third-order valence-electron chi connectivity index (χ3n) is 4.40. The summed E-state index contributed by atoms with van der Waals surface area (Å²) < 4.78 is 5.31. The minimum absolute atomic E-state index is 0.00675. The van der Waals surface area contributed by atoms with Crippen LogP contribution in [-0.4, -0.2) is 55.1 Å². The van der Waals surface area contributed by atoms with E-state index < -0.39 is 0 Å². The second kappa shape index (κ2) is 13.6. The fraction of sp³-hybridized carbons (Fsp3) is 0.545. The van der Waals surface area contributed by atoms with Crippen LogP contribution in [0, 0.1) is 0 Å². The van der Waals surface area contributed by atoms with E-state index in [4.69, 9.17) is 4.74 Å². The van der Waals surface area contributed by atoms with Crippen LogP contribution < -0.4 is 5.32 Å². The predicted octanol–water partition coefficient (Wildman–Crippen LogP) is 2.06. The van der Waals surface area contributed by atoms with E-state index >= 15 is 0 Å².